The lowest BCUT2D eigenvalue weighted by molar-refractivity contribution is 0.102. The van der Waals surface area contributed by atoms with Gasteiger partial charge >= 0.3 is 0 Å². The van der Waals surface area contributed by atoms with Crippen LogP contribution >= 0.6 is 0 Å². The quantitative estimate of drug-likeness (QED) is 0.383. The van der Waals surface area contributed by atoms with Crippen LogP contribution in [-0.2, 0) is 23.3 Å². The average Bonchev–Trinajstić information content (AvgIpc) is 3.44. The Kier molecular flexibility index (Phi) is 6.35. The van der Waals surface area contributed by atoms with Gasteiger partial charge in [-0.05, 0) is 66.6 Å². The summed E-state index contributed by atoms with van der Waals surface area (Å²) in [6, 6.07) is 11.2. The van der Waals surface area contributed by atoms with Gasteiger partial charge in [-0.2, -0.15) is 0 Å². The predicted octanol–water partition coefficient (Wildman–Crippen LogP) is 5.14. The number of imidazole rings is 1. The fourth-order valence-corrected chi connectivity index (χ4v) is 4.94. The fourth-order valence-electron chi connectivity index (χ4n) is 4.35. The third-order valence-corrected chi connectivity index (χ3v) is 7.70. The maximum Gasteiger partial charge on any atom is 0.255 e. The minimum absolute atomic E-state index is 0.149. The van der Waals surface area contributed by atoms with Gasteiger partial charge in [0.05, 0.1) is 23.8 Å². The van der Waals surface area contributed by atoms with Gasteiger partial charge in [0.25, 0.3) is 5.91 Å². The Balaban J connectivity index is 1.42. The highest BCUT2D eigenvalue weighted by Crippen LogP contribution is 2.40. The van der Waals surface area contributed by atoms with Gasteiger partial charge in [0.1, 0.15) is 11.5 Å². The molecule has 1 unspecified atom stereocenters. The van der Waals surface area contributed by atoms with E-state index in [1.54, 1.807) is 23.1 Å². The summed E-state index contributed by atoms with van der Waals surface area (Å²) in [7, 11) is 0.849. The first-order valence-corrected chi connectivity index (χ1v) is 13.9. The highest BCUT2D eigenvalue weighted by molar-refractivity contribution is 7.84. The molecule has 1 aliphatic rings. The van der Waals surface area contributed by atoms with E-state index in [9.17, 15) is 9.00 Å². The summed E-state index contributed by atoms with van der Waals surface area (Å²) in [6.07, 6.45) is 7.73. The van der Waals surface area contributed by atoms with E-state index in [2.05, 4.69) is 46.0 Å². The number of aryl methyl sites for hydroxylation is 1. The minimum Gasteiger partial charge on any atom is -0.330 e. The zero-order valence-electron chi connectivity index (χ0n) is 22.1. The molecule has 192 valence electrons. The molecule has 1 amide bonds. The Morgan fingerprint density at radius 3 is 2.57 bits per heavy atom. The van der Waals surface area contributed by atoms with Gasteiger partial charge in [0.2, 0.25) is 0 Å². The third kappa shape index (κ3) is 5.13. The van der Waals surface area contributed by atoms with Crippen LogP contribution in [0.15, 0.2) is 53.7 Å². The van der Waals surface area contributed by atoms with Crippen LogP contribution in [0.25, 0.3) is 17.1 Å². The molecule has 1 atom stereocenters. The molecular formula is C28H32N6O2S. The summed E-state index contributed by atoms with van der Waals surface area (Å²) in [5.41, 5.74) is 5.37. The van der Waals surface area contributed by atoms with Crippen LogP contribution in [0.3, 0.4) is 0 Å². The lowest BCUT2D eigenvalue weighted by atomic mass is 9.87. The average molecular weight is 517 g/mol. The minimum atomic E-state index is -1.16. The summed E-state index contributed by atoms with van der Waals surface area (Å²) < 4.78 is 16.0. The Morgan fingerprint density at radius 2 is 1.89 bits per heavy atom. The third-order valence-electron chi connectivity index (χ3n) is 6.80. The molecule has 8 nitrogen and oxygen atoms in total. The van der Waals surface area contributed by atoms with Gasteiger partial charge in [0.15, 0.2) is 0 Å². The second-order valence-electron chi connectivity index (χ2n) is 10.8. The van der Waals surface area contributed by atoms with Gasteiger partial charge < -0.3 is 9.88 Å². The van der Waals surface area contributed by atoms with Gasteiger partial charge in [-0.3, -0.25) is 9.00 Å². The molecule has 1 saturated carbocycles. The number of carbonyl (C=O) groups excluding carboxylic acids is 1. The van der Waals surface area contributed by atoms with Crippen molar-refractivity contribution in [1.29, 1.82) is 0 Å². The van der Waals surface area contributed by atoms with E-state index in [1.165, 1.54) is 12.8 Å². The largest absolute Gasteiger partial charge is 0.330 e. The van der Waals surface area contributed by atoms with Crippen LogP contribution in [0.2, 0.25) is 0 Å². The van der Waals surface area contributed by atoms with Crippen LogP contribution < -0.4 is 5.32 Å². The van der Waals surface area contributed by atoms with Gasteiger partial charge in [-0.25, -0.2) is 9.67 Å². The van der Waals surface area contributed by atoms with Crippen molar-refractivity contribution >= 4 is 22.4 Å². The van der Waals surface area contributed by atoms with E-state index in [4.69, 9.17) is 0 Å². The highest BCUT2D eigenvalue weighted by Gasteiger charge is 2.29. The number of nitrogens with one attached hydrogen (secondary N) is 1. The first-order valence-electron chi connectivity index (χ1n) is 12.4. The smallest absolute Gasteiger partial charge is 0.255 e. The SMILES string of the molecule is Cc1ccc(C(=O)Nc2cc(S(C)=O)cc(C(C)(C)C)c2)cc1-n1cc(-c2cnc(C3CC3)n2C)nn1. The maximum atomic E-state index is 13.3. The molecular weight excluding hydrogens is 484 g/mol. The predicted molar refractivity (Wildman–Crippen MR) is 146 cm³/mol. The molecule has 2 aromatic heterocycles. The second kappa shape index (κ2) is 9.37. The van der Waals surface area contributed by atoms with Gasteiger partial charge in [-0.15, -0.1) is 5.10 Å². The summed E-state index contributed by atoms with van der Waals surface area (Å²) in [4.78, 5) is 18.5. The second-order valence-corrected chi connectivity index (χ2v) is 12.2. The fraction of sp³-hybridized carbons (Fsp3) is 0.357. The van der Waals surface area contributed by atoms with Crippen molar-refractivity contribution in [2.45, 2.75) is 56.8 Å². The van der Waals surface area contributed by atoms with Gasteiger partial charge in [0, 0.05) is 46.2 Å². The molecule has 4 aromatic rings. The number of hydrogen-bond acceptors (Lipinski definition) is 5. The lowest BCUT2D eigenvalue weighted by Crippen LogP contribution is -2.16. The Labute approximate surface area is 219 Å². The van der Waals surface area contributed by atoms with Crippen LogP contribution in [0.1, 0.15) is 66.8 Å². The number of hydrogen-bond donors (Lipinski definition) is 1. The van der Waals surface area contributed by atoms with E-state index in [-0.39, 0.29) is 11.3 Å². The molecule has 5 rings (SSSR count). The van der Waals surface area contributed by atoms with E-state index in [0.29, 0.717) is 22.1 Å². The normalized spacial score (nSPS) is 14.5. The van der Waals surface area contributed by atoms with Crippen molar-refractivity contribution in [2.24, 2.45) is 7.05 Å². The molecule has 1 N–H and O–H groups in total. The van der Waals surface area contributed by atoms with Crippen molar-refractivity contribution in [3.8, 4) is 17.1 Å². The van der Waals surface area contributed by atoms with Crippen molar-refractivity contribution in [2.75, 3.05) is 11.6 Å². The number of aromatic nitrogens is 5. The number of carbonyl (C=O) groups is 1. The van der Waals surface area contributed by atoms with E-state index in [0.717, 1.165) is 34.0 Å². The van der Waals surface area contributed by atoms with Crippen LogP contribution in [0.5, 0.6) is 0 Å². The summed E-state index contributed by atoms with van der Waals surface area (Å²) in [6.45, 7) is 8.25. The number of rotatable bonds is 6. The number of amides is 1. The van der Waals surface area contributed by atoms with Crippen molar-refractivity contribution < 1.29 is 9.00 Å². The molecule has 1 aliphatic carbocycles. The van der Waals surface area contributed by atoms with Crippen molar-refractivity contribution in [1.82, 2.24) is 24.5 Å². The topological polar surface area (TPSA) is 94.7 Å². The van der Waals surface area contributed by atoms with Crippen LogP contribution in [0.4, 0.5) is 5.69 Å². The molecule has 2 aromatic carbocycles. The zero-order chi connectivity index (χ0) is 26.5. The summed E-state index contributed by atoms with van der Waals surface area (Å²) in [5.74, 6) is 1.38. The molecule has 9 heteroatoms. The van der Waals surface area contributed by atoms with E-state index >= 15 is 0 Å². The molecule has 1 fully saturated rings. The first kappa shape index (κ1) is 25.1. The molecule has 0 bridgehead atoms. The van der Waals surface area contributed by atoms with Crippen molar-refractivity contribution in [3.63, 3.8) is 0 Å². The van der Waals surface area contributed by atoms with Crippen LogP contribution in [0, 0.1) is 6.92 Å². The maximum absolute atomic E-state index is 13.3. The number of benzene rings is 2. The monoisotopic (exact) mass is 516 g/mol. The molecule has 37 heavy (non-hydrogen) atoms. The number of nitrogens with zero attached hydrogens (tertiary/aromatic N) is 5. The molecule has 0 radical (unpaired) electrons. The summed E-state index contributed by atoms with van der Waals surface area (Å²) in [5, 5.41) is 11.7. The molecule has 2 heterocycles. The van der Waals surface area contributed by atoms with E-state index < -0.39 is 10.8 Å². The Hall–Kier alpha value is -3.59. The molecule has 0 aliphatic heterocycles. The molecule has 0 spiro atoms. The number of anilines is 1. The van der Waals surface area contributed by atoms with Crippen molar-refractivity contribution in [3.05, 3.63) is 71.3 Å². The zero-order valence-corrected chi connectivity index (χ0v) is 22.9. The molecule has 0 saturated heterocycles. The van der Waals surface area contributed by atoms with Gasteiger partial charge in [-0.1, -0.05) is 32.1 Å². The van der Waals surface area contributed by atoms with Crippen LogP contribution in [-0.4, -0.2) is 40.9 Å². The Morgan fingerprint density at radius 1 is 1.14 bits per heavy atom. The highest BCUT2D eigenvalue weighted by atomic mass is 32.2. The van der Waals surface area contributed by atoms with E-state index in [1.807, 2.05) is 50.6 Å². The lowest BCUT2D eigenvalue weighted by Gasteiger charge is -2.21. The standard InChI is InChI=1S/C28H32N6O2S/c1-17-7-8-19(27(35)30-21-12-20(28(2,3)4)13-22(14-21)37(6)36)11-24(17)34-16-23(31-32-34)25-15-29-26(33(25)5)18-9-10-18/h7-8,11-16,18H,9-10H2,1-6H3,(H,30,35). The summed E-state index contributed by atoms with van der Waals surface area (Å²) >= 11 is 0. The first-order chi connectivity index (χ1) is 17.5. The Bertz CT molecular complexity index is 1520.